The van der Waals surface area contributed by atoms with Gasteiger partial charge in [-0.25, -0.2) is 4.79 Å². The highest BCUT2D eigenvalue weighted by atomic mass is 32.1. The van der Waals surface area contributed by atoms with Crippen LogP contribution in [-0.2, 0) is 19.7 Å². The van der Waals surface area contributed by atoms with Crippen molar-refractivity contribution in [3.8, 4) is 6.07 Å². The Morgan fingerprint density at radius 1 is 1.56 bits per heavy atom. The zero-order chi connectivity index (χ0) is 13.6. The molecule has 1 aromatic heterocycles. The molecular weight excluding hydrogens is 250 g/mol. The molecule has 0 radical (unpaired) electrons. The van der Waals surface area contributed by atoms with Crippen LogP contribution in [0.25, 0.3) is 0 Å². The number of esters is 1. The topological polar surface area (TPSA) is 67.2 Å². The van der Waals surface area contributed by atoms with Crippen molar-refractivity contribution in [3.05, 3.63) is 22.4 Å². The first-order chi connectivity index (χ1) is 8.56. The number of thiophene rings is 1. The van der Waals surface area contributed by atoms with E-state index in [1.54, 1.807) is 24.4 Å². The lowest BCUT2D eigenvalue weighted by Crippen LogP contribution is -2.36. The Morgan fingerprint density at radius 3 is 2.72 bits per heavy atom. The van der Waals surface area contributed by atoms with E-state index in [0.717, 1.165) is 0 Å². The number of Topliss-reactive ketones (excluding diaryl/α,β-unsaturated/α-hetero) is 1. The molecule has 0 aliphatic carbocycles. The van der Waals surface area contributed by atoms with E-state index in [4.69, 9.17) is 4.74 Å². The van der Waals surface area contributed by atoms with Crippen molar-refractivity contribution in [3.63, 3.8) is 0 Å². The molecule has 1 heterocycles. The normalized spacial score (nSPS) is 13.4. The van der Waals surface area contributed by atoms with E-state index >= 15 is 0 Å². The Hall–Kier alpha value is -1.67. The molecule has 1 atom stereocenters. The Balaban J connectivity index is 3.09. The van der Waals surface area contributed by atoms with Crippen molar-refractivity contribution in [2.45, 2.75) is 32.1 Å². The second-order valence-electron chi connectivity index (χ2n) is 3.92. The number of nitrogens with zero attached hydrogens (tertiary/aromatic N) is 1. The van der Waals surface area contributed by atoms with E-state index in [-0.39, 0.29) is 25.2 Å². The molecule has 0 fully saturated rings. The van der Waals surface area contributed by atoms with E-state index in [2.05, 4.69) is 0 Å². The monoisotopic (exact) mass is 265 g/mol. The minimum Gasteiger partial charge on any atom is -0.465 e. The first kappa shape index (κ1) is 14.4. The zero-order valence-corrected chi connectivity index (χ0v) is 11.3. The molecule has 0 N–H and O–H groups in total. The molecule has 96 valence electrons. The van der Waals surface area contributed by atoms with E-state index < -0.39 is 11.4 Å². The molecular formula is C13H15NO3S. The van der Waals surface area contributed by atoms with Gasteiger partial charge in [-0.1, -0.05) is 6.07 Å². The van der Waals surface area contributed by atoms with Crippen molar-refractivity contribution in [1.82, 2.24) is 0 Å². The molecule has 0 saturated heterocycles. The summed E-state index contributed by atoms with van der Waals surface area (Å²) >= 11 is 1.33. The Kier molecular flexibility index (Phi) is 5.05. The average molecular weight is 265 g/mol. The second-order valence-corrected chi connectivity index (χ2v) is 4.86. The molecule has 0 saturated carbocycles. The highest BCUT2D eigenvalue weighted by Gasteiger charge is 2.43. The van der Waals surface area contributed by atoms with Gasteiger partial charge >= 0.3 is 5.97 Å². The Bertz CT molecular complexity index is 461. The minimum atomic E-state index is -1.35. The van der Waals surface area contributed by atoms with Crippen molar-refractivity contribution >= 4 is 23.1 Å². The van der Waals surface area contributed by atoms with Gasteiger partial charge in [0.1, 0.15) is 5.78 Å². The summed E-state index contributed by atoms with van der Waals surface area (Å²) in [6, 6.07) is 5.55. The fraction of sp³-hybridized carbons (Fsp3) is 0.462. The van der Waals surface area contributed by atoms with Crippen LogP contribution in [0.1, 0.15) is 31.6 Å². The van der Waals surface area contributed by atoms with Gasteiger partial charge in [0, 0.05) is 11.3 Å². The summed E-state index contributed by atoms with van der Waals surface area (Å²) in [4.78, 5) is 23.8. The molecule has 0 amide bonds. The van der Waals surface area contributed by atoms with Crippen molar-refractivity contribution in [2.75, 3.05) is 6.61 Å². The summed E-state index contributed by atoms with van der Waals surface area (Å²) < 4.78 is 4.99. The van der Waals surface area contributed by atoms with Crippen molar-refractivity contribution in [1.29, 1.82) is 5.26 Å². The molecule has 0 unspecified atom stereocenters. The van der Waals surface area contributed by atoms with Crippen LogP contribution in [0.3, 0.4) is 0 Å². The molecule has 0 aliphatic heterocycles. The lowest BCUT2D eigenvalue weighted by Gasteiger charge is -2.22. The lowest BCUT2D eigenvalue weighted by atomic mass is 9.82. The van der Waals surface area contributed by atoms with E-state index in [1.807, 2.05) is 6.07 Å². The highest BCUT2D eigenvalue weighted by molar-refractivity contribution is 7.10. The molecule has 5 heteroatoms. The zero-order valence-electron chi connectivity index (χ0n) is 10.4. The first-order valence-electron chi connectivity index (χ1n) is 5.68. The predicted octanol–water partition coefficient (Wildman–Crippen LogP) is 2.44. The van der Waals surface area contributed by atoms with Crippen LogP contribution in [0.5, 0.6) is 0 Å². The maximum Gasteiger partial charge on any atom is 0.331 e. The first-order valence-corrected chi connectivity index (χ1v) is 6.56. The molecule has 18 heavy (non-hydrogen) atoms. The van der Waals surface area contributed by atoms with E-state index in [1.165, 1.54) is 18.3 Å². The Labute approximate surface area is 110 Å². The third-order valence-electron chi connectivity index (χ3n) is 2.61. The van der Waals surface area contributed by atoms with Gasteiger partial charge in [0.25, 0.3) is 0 Å². The lowest BCUT2D eigenvalue weighted by molar-refractivity contribution is -0.148. The molecule has 4 nitrogen and oxygen atoms in total. The number of carbonyl (C=O) groups excluding carboxylic acids is 2. The van der Waals surface area contributed by atoms with Gasteiger partial charge in [0.05, 0.1) is 12.7 Å². The fourth-order valence-electron chi connectivity index (χ4n) is 1.62. The number of carbonyl (C=O) groups is 2. The fourth-order valence-corrected chi connectivity index (χ4v) is 2.51. The van der Waals surface area contributed by atoms with Gasteiger partial charge < -0.3 is 9.53 Å². The number of hydrogen-bond donors (Lipinski definition) is 0. The van der Waals surface area contributed by atoms with Crippen molar-refractivity contribution in [2.24, 2.45) is 0 Å². The van der Waals surface area contributed by atoms with Gasteiger partial charge in [0.2, 0.25) is 0 Å². The van der Waals surface area contributed by atoms with Crippen LogP contribution in [-0.4, -0.2) is 18.4 Å². The molecule has 0 aromatic carbocycles. The van der Waals surface area contributed by atoms with Gasteiger partial charge in [0.15, 0.2) is 5.41 Å². The summed E-state index contributed by atoms with van der Waals surface area (Å²) in [6.07, 6.45) is 0.350. The minimum absolute atomic E-state index is 0.0459. The number of hydrogen-bond acceptors (Lipinski definition) is 5. The predicted molar refractivity (Wildman–Crippen MR) is 68.2 cm³/mol. The van der Waals surface area contributed by atoms with Crippen LogP contribution >= 0.6 is 11.3 Å². The summed E-state index contributed by atoms with van der Waals surface area (Å²) in [6.45, 7) is 3.36. The second kappa shape index (κ2) is 6.31. The quantitative estimate of drug-likeness (QED) is 0.741. The average Bonchev–Trinajstić information content (AvgIpc) is 2.85. The molecule has 0 spiro atoms. The molecule has 0 bridgehead atoms. The smallest absolute Gasteiger partial charge is 0.331 e. The van der Waals surface area contributed by atoms with Gasteiger partial charge in [-0.15, -0.1) is 11.3 Å². The van der Waals surface area contributed by atoms with E-state index in [9.17, 15) is 14.9 Å². The molecule has 1 aromatic rings. The van der Waals surface area contributed by atoms with E-state index in [0.29, 0.717) is 4.88 Å². The maximum absolute atomic E-state index is 12.1. The number of nitriles is 1. The third-order valence-corrected chi connectivity index (χ3v) is 3.64. The molecule has 1 rings (SSSR count). The standard InChI is InChI=1S/C13H15NO3S/c1-3-17-12(16)13(9-14,7-6-10(2)15)11-5-4-8-18-11/h4-5,8H,3,6-7H2,1-2H3/t13-/m1/s1. The van der Waals surface area contributed by atoms with Gasteiger partial charge in [-0.3, -0.25) is 0 Å². The van der Waals surface area contributed by atoms with Crippen LogP contribution in [0.2, 0.25) is 0 Å². The Morgan fingerprint density at radius 2 is 2.28 bits per heavy atom. The van der Waals surface area contributed by atoms with Crippen molar-refractivity contribution < 1.29 is 14.3 Å². The summed E-state index contributed by atoms with van der Waals surface area (Å²) in [5, 5.41) is 11.2. The maximum atomic E-state index is 12.1. The largest absolute Gasteiger partial charge is 0.465 e. The van der Waals surface area contributed by atoms with Crippen LogP contribution in [0.4, 0.5) is 0 Å². The number of rotatable bonds is 6. The SMILES string of the molecule is CCOC(=O)[C@@](C#N)(CCC(C)=O)c1cccs1. The van der Waals surface area contributed by atoms with Gasteiger partial charge in [-0.2, -0.15) is 5.26 Å². The summed E-state index contributed by atoms with van der Waals surface area (Å²) in [7, 11) is 0. The van der Waals surface area contributed by atoms with Crippen LogP contribution < -0.4 is 0 Å². The summed E-state index contributed by atoms with van der Waals surface area (Å²) in [5.41, 5.74) is -1.35. The van der Waals surface area contributed by atoms with Crippen LogP contribution in [0.15, 0.2) is 17.5 Å². The van der Waals surface area contributed by atoms with Gasteiger partial charge in [-0.05, 0) is 31.7 Å². The number of ether oxygens (including phenoxy) is 1. The number of ketones is 1. The highest BCUT2D eigenvalue weighted by Crippen LogP contribution is 2.34. The van der Waals surface area contributed by atoms with Crippen LogP contribution in [0, 0.1) is 11.3 Å². The third kappa shape index (κ3) is 2.96. The molecule has 0 aliphatic rings. The summed E-state index contributed by atoms with van der Waals surface area (Å²) in [5.74, 6) is -0.619.